The van der Waals surface area contributed by atoms with Gasteiger partial charge in [-0.2, -0.15) is 0 Å². The zero-order valence-corrected chi connectivity index (χ0v) is 10.1. The summed E-state index contributed by atoms with van der Waals surface area (Å²) >= 11 is 0. The molecular weight excluding hydrogens is 230 g/mol. The molecule has 5 heteroatoms. The van der Waals surface area contributed by atoms with Gasteiger partial charge in [-0.3, -0.25) is 4.79 Å². The molecule has 5 nitrogen and oxygen atoms in total. The third kappa shape index (κ3) is 3.35. The van der Waals surface area contributed by atoms with Crippen molar-refractivity contribution in [1.29, 1.82) is 0 Å². The van der Waals surface area contributed by atoms with Gasteiger partial charge in [0.05, 0.1) is 20.1 Å². The summed E-state index contributed by atoms with van der Waals surface area (Å²) in [5, 5.41) is 2.80. The van der Waals surface area contributed by atoms with Crippen molar-refractivity contribution in [1.82, 2.24) is 15.3 Å². The normalized spacial score (nSPS) is 10.1. The third-order valence-corrected chi connectivity index (χ3v) is 2.51. The molecule has 1 heterocycles. The fourth-order valence-electron chi connectivity index (χ4n) is 1.61. The molecule has 0 atom stereocenters. The van der Waals surface area contributed by atoms with E-state index >= 15 is 0 Å². The van der Waals surface area contributed by atoms with Gasteiger partial charge in [0, 0.05) is 12.4 Å². The van der Waals surface area contributed by atoms with Crippen LogP contribution in [0.3, 0.4) is 0 Å². The van der Waals surface area contributed by atoms with Crippen LogP contribution in [0.25, 0.3) is 0 Å². The Morgan fingerprint density at radius 2 is 2.39 bits per heavy atom. The number of carbonyl (C=O) groups excluding carboxylic acids is 1. The van der Waals surface area contributed by atoms with Gasteiger partial charge >= 0.3 is 0 Å². The van der Waals surface area contributed by atoms with E-state index in [-0.39, 0.29) is 5.91 Å². The van der Waals surface area contributed by atoms with Crippen molar-refractivity contribution in [2.24, 2.45) is 0 Å². The monoisotopic (exact) mass is 245 g/mol. The number of hydrogen-bond acceptors (Lipinski definition) is 3. The van der Waals surface area contributed by atoms with Crippen LogP contribution in [-0.2, 0) is 17.8 Å². The van der Waals surface area contributed by atoms with Crippen LogP contribution in [0.2, 0.25) is 0 Å². The molecule has 2 N–H and O–H groups in total. The number of H-pyrrole nitrogens is 1. The Labute approximate surface area is 105 Å². The average molecular weight is 245 g/mol. The second kappa shape index (κ2) is 5.86. The molecule has 18 heavy (non-hydrogen) atoms. The first-order valence-corrected chi connectivity index (χ1v) is 5.66. The van der Waals surface area contributed by atoms with Crippen LogP contribution in [0.1, 0.15) is 11.4 Å². The molecule has 0 saturated carbocycles. The largest absolute Gasteiger partial charge is 0.497 e. The molecule has 2 rings (SSSR count). The molecule has 0 saturated heterocycles. The number of aromatic amines is 1. The summed E-state index contributed by atoms with van der Waals surface area (Å²) in [7, 11) is 1.61. The van der Waals surface area contributed by atoms with E-state index in [4.69, 9.17) is 4.74 Å². The summed E-state index contributed by atoms with van der Waals surface area (Å²) in [6.45, 7) is 0.413. The van der Waals surface area contributed by atoms with Crippen LogP contribution in [0.4, 0.5) is 0 Å². The molecule has 0 aliphatic heterocycles. The molecular formula is C13H15N3O2. The van der Waals surface area contributed by atoms with E-state index in [0.29, 0.717) is 13.0 Å². The van der Waals surface area contributed by atoms with E-state index in [1.807, 2.05) is 24.3 Å². The van der Waals surface area contributed by atoms with Gasteiger partial charge in [0.1, 0.15) is 11.6 Å². The van der Waals surface area contributed by atoms with Gasteiger partial charge in [-0.25, -0.2) is 4.98 Å². The highest BCUT2D eigenvalue weighted by Crippen LogP contribution is 2.12. The van der Waals surface area contributed by atoms with Crippen LogP contribution >= 0.6 is 0 Å². The number of amides is 1. The van der Waals surface area contributed by atoms with E-state index in [1.165, 1.54) is 0 Å². The van der Waals surface area contributed by atoms with E-state index in [1.54, 1.807) is 19.5 Å². The Morgan fingerprint density at radius 3 is 3.11 bits per heavy atom. The minimum absolute atomic E-state index is 0.0420. The Bertz CT molecular complexity index is 509. The van der Waals surface area contributed by atoms with E-state index in [0.717, 1.165) is 17.1 Å². The fourth-order valence-corrected chi connectivity index (χ4v) is 1.61. The Kier molecular flexibility index (Phi) is 3.96. The van der Waals surface area contributed by atoms with E-state index in [2.05, 4.69) is 15.3 Å². The minimum atomic E-state index is -0.0420. The number of rotatable bonds is 5. The number of nitrogens with one attached hydrogen (secondary N) is 2. The average Bonchev–Trinajstić information content (AvgIpc) is 2.90. The number of imidazole rings is 1. The summed E-state index contributed by atoms with van der Waals surface area (Å²) in [5.41, 5.74) is 0.922. The maximum Gasteiger partial charge on any atom is 0.224 e. The molecule has 0 unspecified atom stereocenters. The predicted octanol–water partition coefficient (Wildman–Crippen LogP) is 1.28. The summed E-state index contributed by atoms with van der Waals surface area (Å²) in [6.07, 6.45) is 3.71. The number of methoxy groups -OCH3 is 1. The Morgan fingerprint density at radius 1 is 1.50 bits per heavy atom. The van der Waals surface area contributed by atoms with Gasteiger partial charge in [-0.15, -0.1) is 0 Å². The van der Waals surface area contributed by atoms with Crippen molar-refractivity contribution in [2.75, 3.05) is 7.11 Å². The van der Waals surface area contributed by atoms with Gasteiger partial charge in [0.25, 0.3) is 0 Å². The molecule has 0 radical (unpaired) electrons. The first kappa shape index (κ1) is 12.2. The summed E-state index contributed by atoms with van der Waals surface area (Å²) < 4.78 is 5.11. The van der Waals surface area contributed by atoms with Crippen molar-refractivity contribution in [2.45, 2.75) is 13.0 Å². The molecule has 0 aliphatic carbocycles. The number of hydrogen-bond donors (Lipinski definition) is 2. The van der Waals surface area contributed by atoms with Crippen LogP contribution < -0.4 is 10.1 Å². The maximum absolute atomic E-state index is 11.7. The first-order chi connectivity index (χ1) is 8.78. The molecule has 0 spiro atoms. The maximum atomic E-state index is 11.7. The lowest BCUT2D eigenvalue weighted by Crippen LogP contribution is -2.25. The van der Waals surface area contributed by atoms with E-state index in [9.17, 15) is 4.79 Å². The van der Waals surface area contributed by atoms with Gasteiger partial charge in [-0.1, -0.05) is 12.1 Å². The van der Waals surface area contributed by atoms with E-state index < -0.39 is 0 Å². The smallest absolute Gasteiger partial charge is 0.224 e. The SMILES string of the molecule is COc1cccc(CC(=O)NCc2ncc[nH]2)c1. The minimum Gasteiger partial charge on any atom is -0.497 e. The zero-order chi connectivity index (χ0) is 12.8. The van der Waals surface area contributed by atoms with Crippen LogP contribution in [0.5, 0.6) is 5.75 Å². The van der Waals surface area contributed by atoms with Crippen molar-refractivity contribution in [3.8, 4) is 5.75 Å². The molecule has 1 amide bonds. The van der Waals surface area contributed by atoms with Crippen molar-refractivity contribution >= 4 is 5.91 Å². The molecule has 0 fully saturated rings. The topological polar surface area (TPSA) is 67.0 Å². The molecule has 94 valence electrons. The highest BCUT2D eigenvalue weighted by Gasteiger charge is 2.04. The summed E-state index contributed by atoms with van der Waals surface area (Å²) in [5.74, 6) is 1.46. The van der Waals surface area contributed by atoms with Gasteiger partial charge in [0.15, 0.2) is 0 Å². The number of benzene rings is 1. The molecule has 0 aliphatic rings. The van der Waals surface area contributed by atoms with Crippen molar-refractivity contribution < 1.29 is 9.53 Å². The van der Waals surface area contributed by atoms with Crippen molar-refractivity contribution in [3.63, 3.8) is 0 Å². The highest BCUT2D eigenvalue weighted by molar-refractivity contribution is 5.78. The van der Waals surface area contributed by atoms with Crippen molar-refractivity contribution in [3.05, 3.63) is 48.0 Å². The third-order valence-electron chi connectivity index (χ3n) is 2.51. The zero-order valence-electron chi connectivity index (χ0n) is 10.1. The molecule has 2 aromatic rings. The molecule has 1 aromatic heterocycles. The van der Waals surface area contributed by atoms with Crippen LogP contribution in [0, 0.1) is 0 Å². The van der Waals surface area contributed by atoms with Gasteiger partial charge in [-0.05, 0) is 17.7 Å². The highest BCUT2D eigenvalue weighted by atomic mass is 16.5. The quantitative estimate of drug-likeness (QED) is 0.833. The lowest BCUT2D eigenvalue weighted by molar-refractivity contribution is -0.120. The van der Waals surface area contributed by atoms with Crippen LogP contribution in [-0.4, -0.2) is 23.0 Å². The lowest BCUT2D eigenvalue weighted by Gasteiger charge is -2.05. The predicted molar refractivity (Wildman–Crippen MR) is 67.1 cm³/mol. The van der Waals surface area contributed by atoms with Crippen LogP contribution in [0.15, 0.2) is 36.7 Å². The standard InChI is InChI=1S/C13H15N3O2/c1-18-11-4-2-3-10(7-11)8-13(17)16-9-12-14-5-6-15-12/h2-7H,8-9H2,1H3,(H,14,15)(H,16,17). The molecule has 0 bridgehead atoms. The summed E-state index contributed by atoms with van der Waals surface area (Å²) in [4.78, 5) is 18.7. The molecule has 1 aromatic carbocycles. The number of ether oxygens (including phenoxy) is 1. The second-order valence-corrected chi connectivity index (χ2v) is 3.84. The second-order valence-electron chi connectivity index (χ2n) is 3.84. The Balaban J connectivity index is 1.86. The van der Waals surface area contributed by atoms with Gasteiger partial charge in [0.2, 0.25) is 5.91 Å². The Hall–Kier alpha value is -2.30. The number of nitrogens with zero attached hydrogens (tertiary/aromatic N) is 1. The fraction of sp³-hybridized carbons (Fsp3) is 0.231. The number of carbonyl (C=O) groups is 1. The summed E-state index contributed by atoms with van der Waals surface area (Å²) in [6, 6.07) is 7.47. The van der Waals surface area contributed by atoms with Gasteiger partial charge < -0.3 is 15.0 Å². The first-order valence-electron chi connectivity index (χ1n) is 5.66. The number of aromatic nitrogens is 2. The lowest BCUT2D eigenvalue weighted by atomic mass is 10.1.